The molecular formula is C14H24N2O. The van der Waals surface area contributed by atoms with Gasteiger partial charge in [0.25, 0.3) is 0 Å². The van der Waals surface area contributed by atoms with Crippen molar-refractivity contribution in [2.45, 2.75) is 64.7 Å². The molecule has 0 heterocycles. The van der Waals surface area contributed by atoms with E-state index in [9.17, 15) is 10.1 Å². The largest absolute Gasteiger partial charge is 0.355 e. The van der Waals surface area contributed by atoms with Crippen LogP contribution in [0.25, 0.3) is 0 Å². The highest BCUT2D eigenvalue weighted by molar-refractivity contribution is 5.85. The molecular weight excluding hydrogens is 212 g/mol. The van der Waals surface area contributed by atoms with Gasteiger partial charge in [-0.3, -0.25) is 4.79 Å². The minimum absolute atomic E-state index is 0.0313. The van der Waals surface area contributed by atoms with Gasteiger partial charge in [-0.05, 0) is 19.3 Å². The molecule has 1 amide bonds. The van der Waals surface area contributed by atoms with Crippen LogP contribution in [0.4, 0.5) is 0 Å². The van der Waals surface area contributed by atoms with Crippen molar-refractivity contribution in [2.75, 3.05) is 6.54 Å². The molecule has 0 spiro atoms. The number of hydrogen-bond donors (Lipinski definition) is 1. The summed E-state index contributed by atoms with van der Waals surface area (Å²) < 4.78 is 0. The first-order chi connectivity index (χ1) is 8.25. The van der Waals surface area contributed by atoms with Gasteiger partial charge in [0, 0.05) is 6.54 Å². The lowest BCUT2D eigenvalue weighted by Crippen LogP contribution is -2.41. The molecule has 96 valence electrons. The Balaban J connectivity index is 2.32. The normalized spacial score (nSPS) is 18.4. The van der Waals surface area contributed by atoms with Crippen LogP contribution in [-0.4, -0.2) is 12.5 Å². The Labute approximate surface area is 105 Å². The molecule has 17 heavy (non-hydrogen) atoms. The van der Waals surface area contributed by atoms with Crippen LogP contribution in [0.3, 0.4) is 0 Å². The number of hydrogen-bond acceptors (Lipinski definition) is 2. The molecule has 1 fully saturated rings. The number of nitriles is 1. The third kappa shape index (κ3) is 4.03. The summed E-state index contributed by atoms with van der Waals surface area (Å²) >= 11 is 0. The van der Waals surface area contributed by atoms with Crippen LogP contribution >= 0.6 is 0 Å². The molecule has 0 atom stereocenters. The van der Waals surface area contributed by atoms with E-state index in [1.807, 2.05) is 0 Å². The average molecular weight is 236 g/mol. The van der Waals surface area contributed by atoms with Gasteiger partial charge in [-0.25, -0.2) is 0 Å². The van der Waals surface area contributed by atoms with E-state index in [2.05, 4.69) is 18.3 Å². The Morgan fingerprint density at radius 1 is 1.24 bits per heavy atom. The number of rotatable bonds is 6. The lowest BCUT2D eigenvalue weighted by atomic mass is 9.74. The second-order valence-corrected chi connectivity index (χ2v) is 5.07. The maximum absolute atomic E-state index is 12.1. The van der Waals surface area contributed by atoms with Crippen molar-refractivity contribution in [1.29, 1.82) is 5.26 Å². The fraction of sp³-hybridized carbons (Fsp3) is 0.857. The van der Waals surface area contributed by atoms with Gasteiger partial charge in [0.2, 0.25) is 5.91 Å². The smallest absolute Gasteiger partial charge is 0.240 e. The van der Waals surface area contributed by atoms with Gasteiger partial charge in [0.05, 0.1) is 6.07 Å². The van der Waals surface area contributed by atoms with Crippen molar-refractivity contribution >= 4 is 5.91 Å². The van der Waals surface area contributed by atoms with Crippen molar-refractivity contribution < 1.29 is 4.79 Å². The number of nitrogens with zero attached hydrogens (tertiary/aromatic N) is 1. The van der Waals surface area contributed by atoms with Gasteiger partial charge < -0.3 is 5.32 Å². The highest BCUT2D eigenvalue weighted by atomic mass is 16.2. The molecule has 0 aromatic carbocycles. The molecule has 0 saturated heterocycles. The molecule has 0 aromatic rings. The first kappa shape index (κ1) is 14.0. The average Bonchev–Trinajstić information content (AvgIpc) is 2.39. The Kier molecular flexibility index (Phi) is 6.04. The Morgan fingerprint density at radius 2 is 1.94 bits per heavy atom. The number of nitrogens with one attached hydrogen (secondary N) is 1. The Morgan fingerprint density at radius 3 is 2.53 bits per heavy atom. The summed E-state index contributed by atoms with van der Waals surface area (Å²) in [5.74, 6) is -0.0313. The molecule has 1 aliphatic carbocycles. The van der Waals surface area contributed by atoms with Crippen LogP contribution in [0.2, 0.25) is 0 Å². The summed E-state index contributed by atoms with van der Waals surface area (Å²) in [6.07, 6.45) is 9.28. The second-order valence-electron chi connectivity index (χ2n) is 5.07. The summed E-state index contributed by atoms with van der Waals surface area (Å²) in [5.41, 5.74) is -0.719. The zero-order valence-corrected chi connectivity index (χ0v) is 10.9. The van der Waals surface area contributed by atoms with Gasteiger partial charge in [0.15, 0.2) is 0 Å². The zero-order chi connectivity index (χ0) is 12.6. The molecule has 3 heteroatoms. The quantitative estimate of drug-likeness (QED) is 0.720. The Hall–Kier alpha value is -1.04. The van der Waals surface area contributed by atoms with E-state index in [4.69, 9.17) is 0 Å². The lowest BCUT2D eigenvalue weighted by Gasteiger charge is -2.29. The zero-order valence-electron chi connectivity index (χ0n) is 10.9. The van der Waals surface area contributed by atoms with Crippen LogP contribution in [-0.2, 0) is 4.79 Å². The number of unbranched alkanes of at least 4 members (excludes halogenated alkanes) is 3. The van der Waals surface area contributed by atoms with E-state index in [0.29, 0.717) is 0 Å². The molecule has 1 saturated carbocycles. The monoisotopic (exact) mass is 236 g/mol. The van der Waals surface area contributed by atoms with Crippen LogP contribution in [0, 0.1) is 16.7 Å². The maximum atomic E-state index is 12.1. The van der Waals surface area contributed by atoms with Crippen molar-refractivity contribution in [1.82, 2.24) is 5.32 Å². The third-order valence-corrected chi connectivity index (χ3v) is 3.67. The maximum Gasteiger partial charge on any atom is 0.240 e. The van der Waals surface area contributed by atoms with E-state index < -0.39 is 5.41 Å². The van der Waals surface area contributed by atoms with Crippen molar-refractivity contribution in [2.24, 2.45) is 5.41 Å². The fourth-order valence-corrected chi connectivity index (χ4v) is 2.47. The van der Waals surface area contributed by atoms with E-state index in [1.165, 1.54) is 12.8 Å². The molecule has 0 bridgehead atoms. The first-order valence-corrected chi connectivity index (χ1v) is 6.95. The molecule has 0 radical (unpaired) electrons. The minimum atomic E-state index is -0.719. The molecule has 1 aliphatic rings. The van der Waals surface area contributed by atoms with E-state index in [1.54, 1.807) is 0 Å². The summed E-state index contributed by atoms with van der Waals surface area (Å²) in [6.45, 7) is 2.90. The fourth-order valence-electron chi connectivity index (χ4n) is 2.47. The molecule has 0 unspecified atom stereocenters. The van der Waals surface area contributed by atoms with Gasteiger partial charge >= 0.3 is 0 Å². The predicted octanol–water partition coefficient (Wildman–Crippen LogP) is 3.16. The van der Waals surface area contributed by atoms with Gasteiger partial charge in [-0.2, -0.15) is 5.26 Å². The molecule has 3 nitrogen and oxygen atoms in total. The van der Waals surface area contributed by atoms with Gasteiger partial charge in [0.1, 0.15) is 5.41 Å². The SMILES string of the molecule is CCCCCCNC(=O)C1(C#N)CCCCC1. The first-order valence-electron chi connectivity index (χ1n) is 6.95. The molecule has 1 rings (SSSR count). The van der Waals surface area contributed by atoms with Crippen LogP contribution < -0.4 is 5.32 Å². The van der Waals surface area contributed by atoms with Gasteiger partial charge in [-0.1, -0.05) is 45.4 Å². The van der Waals surface area contributed by atoms with Crippen molar-refractivity contribution in [3.63, 3.8) is 0 Å². The number of carbonyl (C=O) groups excluding carboxylic acids is 1. The van der Waals surface area contributed by atoms with E-state index in [0.717, 1.165) is 51.5 Å². The highest BCUT2D eigenvalue weighted by Gasteiger charge is 2.39. The highest BCUT2D eigenvalue weighted by Crippen LogP contribution is 2.35. The van der Waals surface area contributed by atoms with E-state index >= 15 is 0 Å². The molecule has 0 aromatic heterocycles. The van der Waals surface area contributed by atoms with Crippen LogP contribution in [0.5, 0.6) is 0 Å². The molecule has 0 aliphatic heterocycles. The number of amides is 1. The minimum Gasteiger partial charge on any atom is -0.355 e. The van der Waals surface area contributed by atoms with Crippen molar-refractivity contribution in [3.05, 3.63) is 0 Å². The van der Waals surface area contributed by atoms with Crippen LogP contribution in [0.1, 0.15) is 64.7 Å². The van der Waals surface area contributed by atoms with Gasteiger partial charge in [-0.15, -0.1) is 0 Å². The van der Waals surface area contributed by atoms with Crippen LogP contribution in [0.15, 0.2) is 0 Å². The summed E-state index contributed by atoms with van der Waals surface area (Å²) in [7, 11) is 0. The molecule has 1 N–H and O–H groups in total. The lowest BCUT2D eigenvalue weighted by molar-refractivity contribution is -0.129. The standard InChI is InChI=1S/C14H24N2O/c1-2-3-4-8-11-16-13(17)14(12-15)9-6-5-7-10-14/h2-11H2,1H3,(H,16,17). The van der Waals surface area contributed by atoms with Crippen molar-refractivity contribution in [3.8, 4) is 6.07 Å². The topological polar surface area (TPSA) is 52.9 Å². The second kappa shape index (κ2) is 7.32. The summed E-state index contributed by atoms with van der Waals surface area (Å²) in [5, 5.41) is 12.2. The number of carbonyl (C=O) groups is 1. The predicted molar refractivity (Wildman–Crippen MR) is 68.3 cm³/mol. The Bertz CT molecular complexity index is 274. The third-order valence-electron chi connectivity index (χ3n) is 3.67. The summed E-state index contributed by atoms with van der Waals surface area (Å²) in [6, 6.07) is 2.26. The van der Waals surface area contributed by atoms with E-state index in [-0.39, 0.29) is 5.91 Å². The summed E-state index contributed by atoms with van der Waals surface area (Å²) in [4.78, 5) is 12.1.